The zero-order valence-corrected chi connectivity index (χ0v) is 15.3. The minimum atomic E-state index is -0.539. The number of hydrogen-bond donors (Lipinski definition) is 3. The number of rotatable bonds is 1. The van der Waals surface area contributed by atoms with E-state index in [9.17, 15) is 9.18 Å². The van der Waals surface area contributed by atoms with Gasteiger partial charge in [0.15, 0.2) is 0 Å². The Hall–Kier alpha value is -2.41. The summed E-state index contributed by atoms with van der Waals surface area (Å²) >= 11 is 0. The van der Waals surface area contributed by atoms with Crippen LogP contribution in [0.4, 0.5) is 15.9 Å². The molecule has 2 unspecified atom stereocenters. The van der Waals surface area contributed by atoms with E-state index in [-0.39, 0.29) is 11.9 Å². The molecule has 4 rings (SSSR count). The molecule has 2 atom stereocenters. The van der Waals surface area contributed by atoms with Crippen molar-refractivity contribution in [1.29, 1.82) is 0 Å². The molecule has 1 aromatic carbocycles. The molecule has 1 aliphatic heterocycles. The minimum Gasteiger partial charge on any atom is -0.384 e. The summed E-state index contributed by atoms with van der Waals surface area (Å²) in [5.41, 5.74) is 14.7. The largest absolute Gasteiger partial charge is 0.384 e. The van der Waals surface area contributed by atoms with Crippen LogP contribution in [0.5, 0.6) is 0 Å². The van der Waals surface area contributed by atoms with E-state index in [0.717, 1.165) is 48.2 Å². The van der Waals surface area contributed by atoms with Crippen LogP contribution in [-0.2, 0) is 30.1 Å². The van der Waals surface area contributed by atoms with Gasteiger partial charge in [-0.1, -0.05) is 12.1 Å². The van der Waals surface area contributed by atoms with E-state index in [4.69, 9.17) is 11.5 Å². The molecule has 0 radical (unpaired) electrons. The first-order chi connectivity index (χ1) is 12.4. The SMILES string of the molecule is CC1(C=O)CCNc2c(F)cccc21.Cn1nc2c(c1N)CC(N)CC2. The van der Waals surface area contributed by atoms with Gasteiger partial charge in [0.1, 0.15) is 17.9 Å². The number of anilines is 2. The first-order valence-electron chi connectivity index (χ1n) is 8.90. The van der Waals surface area contributed by atoms with Crippen LogP contribution in [0.1, 0.15) is 36.6 Å². The van der Waals surface area contributed by atoms with Gasteiger partial charge in [0, 0.05) is 25.2 Å². The van der Waals surface area contributed by atoms with Gasteiger partial charge in [0.25, 0.3) is 0 Å². The summed E-state index contributed by atoms with van der Waals surface area (Å²) in [6, 6.07) is 5.12. The number of benzene rings is 1. The van der Waals surface area contributed by atoms with Crippen molar-refractivity contribution in [2.24, 2.45) is 12.8 Å². The Kier molecular flexibility index (Phi) is 5.00. The van der Waals surface area contributed by atoms with Gasteiger partial charge in [-0.05, 0) is 44.2 Å². The number of hydrogen-bond acceptors (Lipinski definition) is 5. The number of nitrogens with two attached hydrogens (primary N) is 2. The zero-order chi connectivity index (χ0) is 18.9. The average molecular weight is 359 g/mol. The Balaban J connectivity index is 0.000000152. The Bertz CT molecular complexity index is 819. The highest BCUT2D eigenvalue weighted by atomic mass is 19.1. The predicted octanol–water partition coefficient (Wildman–Crippen LogP) is 1.92. The van der Waals surface area contributed by atoms with E-state index in [2.05, 4.69) is 10.4 Å². The van der Waals surface area contributed by atoms with Gasteiger partial charge in [0.2, 0.25) is 0 Å². The maximum absolute atomic E-state index is 13.4. The van der Waals surface area contributed by atoms with Crippen LogP contribution < -0.4 is 16.8 Å². The second kappa shape index (κ2) is 7.07. The lowest BCUT2D eigenvalue weighted by molar-refractivity contribution is -0.112. The molecule has 7 heteroatoms. The van der Waals surface area contributed by atoms with Crippen LogP contribution in [0.15, 0.2) is 18.2 Å². The van der Waals surface area contributed by atoms with E-state index >= 15 is 0 Å². The van der Waals surface area contributed by atoms with Crippen molar-refractivity contribution < 1.29 is 9.18 Å². The maximum Gasteiger partial charge on any atom is 0.146 e. The average Bonchev–Trinajstić information content (AvgIpc) is 2.91. The summed E-state index contributed by atoms with van der Waals surface area (Å²) in [5.74, 6) is 0.496. The summed E-state index contributed by atoms with van der Waals surface area (Å²) in [5, 5.41) is 7.31. The van der Waals surface area contributed by atoms with Gasteiger partial charge < -0.3 is 21.6 Å². The number of aryl methyl sites for hydroxylation is 2. The van der Waals surface area contributed by atoms with Gasteiger partial charge >= 0.3 is 0 Å². The lowest BCUT2D eigenvalue weighted by atomic mass is 9.78. The molecule has 0 saturated carbocycles. The summed E-state index contributed by atoms with van der Waals surface area (Å²) in [4.78, 5) is 11.0. The second-order valence-electron chi connectivity index (χ2n) is 7.31. The van der Waals surface area contributed by atoms with Gasteiger partial charge in [0.05, 0.1) is 16.8 Å². The Morgan fingerprint density at radius 2 is 2.23 bits per heavy atom. The first-order valence-corrected chi connectivity index (χ1v) is 8.90. The van der Waals surface area contributed by atoms with Crippen molar-refractivity contribution in [3.05, 3.63) is 40.8 Å². The maximum atomic E-state index is 13.4. The van der Waals surface area contributed by atoms with Crippen molar-refractivity contribution in [2.45, 2.75) is 44.1 Å². The fraction of sp³-hybridized carbons (Fsp3) is 0.474. The highest BCUT2D eigenvalue weighted by Gasteiger charge is 2.32. The van der Waals surface area contributed by atoms with Crippen LogP contribution in [-0.4, -0.2) is 28.7 Å². The molecule has 2 heterocycles. The second-order valence-corrected chi connectivity index (χ2v) is 7.31. The van der Waals surface area contributed by atoms with E-state index in [1.807, 2.05) is 14.0 Å². The van der Waals surface area contributed by atoms with Crippen LogP contribution in [0.2, 0.25) is 0 Å². The molecule has 140 valence electrons. The molecule has 26 heavy (non-hydrogen) atoms. The molecule has 2 aliphatic rings. The molecular formula is C19H26FN5O. The van der Waals surface area contributed by atoms with E-state index < -0.39 is 5.41 Å². The van der Waals surface area contributed by atoms with Crippen molar-refractivity contribution in [1.82, 2.24) is 9.78 Å². The number of nitrogens with zero attached hydrogens (tertiary/aromatic N) is 2. The number of carbonyl (C=O) groups is 1. The number of halogens is 1. The van der Waals surface area contributed by atoms with Gasteiger partial charge in [-0.15, -0.1) is 0 Å². The highest BCUT2D eigenvalue weighted by Crippen LogP contribution is 2.36. The third-order valence-corrected chi connectivity index (χ3v) is 5.33. The molecule has 0 saturated heterocycles. The molecule has 0 fully saturated rings. The third kappa shape index (κ3) is 3.31. The van der Waals surface area contributed by atoms with Crippen molar-refractivity contribution >= 4 is 17.8 Å². The van der Waals surface area contributed by atoms with Crippen LogP contribution in [0, 0.1) is 5.82 Å². The number of aldehydes is 1. The lowest BCUT2D eigenvalue weighted by Gasteiger charge is -2.31. The summed E-state index contributed by atoms with van der Waals surface area (Å²) in [6.45, 7) is 2.49. The molecule has 0 amide bonds. The Morgan fingerprint density at radius 3 is 2.96 bits per heavy atom. The topological polar surface area (TPSA) is 99.0 Å². The molecule has 1 aliphatic carbocycles. The fourth-order valence-corrected chi connectivity index (χ4v) is 3.63. The van der Waals surface area contributed by atoms with E-state index in [0.29, 0.717) is 18.7 Å². The summed E-state index contributed by atoms with van der Waals surface area (Å²) in [6.07, 6.45) is 4.51. The molecule has 2 aromatic rings. The molecule has 0 spiro atoms. The minimum absolute atomic E-state index is 0.268. The number of nitrogens with one attached hydrogen (secondary N) is 1. The van der Waals surface area contributed by atoms with Crippen LogP contribution >= 0.6 is 0 Å². The number of fused-ring (bicyclic) bond motifs is 2. The lowest BCUT2D eigenvalue weighted by Crippen LogP contribution is -2.33. The smallest absolute Gasteiger partial charge is 0.146 e. The van der Waals surface area contributed by atoms with E-state index in [1.165, 1.54) is 6.07 Å². The normalized spacial score (nSPS) is 23.8. The zero-order valence-electron chi connectivity index (χ0n) is 15.3. The van der Waals surface area contributed by atoms with Gasteiger partial charge in [-0.25, -0.2) is 4.39 Å². The van der Waals surface area contributed by atoms with Crippen molar-refractivity contribution in [3.8, 4) is 0 Å². The number of nitrogen functional groups attached to an aromatic ring is 1. The standard InChI is InChI=1S/C11H12FNO.C8H14N4/c1-11(7-14)5-6-13-10-8(11)3-2-4-9(10)12;1-12-8(10)6-4-5(9)2-3-7(6)11-12/h2-4,7,13H,5-6H2,1H3;5H,2-4,9-10H2,1H3. The first kappa shape index (κ1) is 18.4. The summed E-state index contributed by atoms with van der Waals surface area (Å²) in [7, 11) is 1.87. The Labute approximate surface area is 152 Å². The van der Waals surface area contributed by atoms with Crippen molar-refractivity contribution in [2.75, 3.05) is 17.6 Å². The van der Waals surface area contributed by atoms with Crippen LogP contribution in [0.25, 0.3) is 0 Å². The number of para-hydroxylation sites is 1. The quantitative estimate of drug-likeness (QED) is 0.676. The van der Waals surface area contributed by atoms with Crippen molar-refractivity contribution in [3.63, 3.8) is 0 Å². The Morgan fingerprint density at radius 1 is 1.46 bits per heavy atom. The predicted molar refractivity (Wildman–Crippen MR) is 101 cm³/mol. The van der Waals surface area contributed by atoms with Gasteiger partial charge in [-0.2, -0.15) is 5.10 Å². The number of carbonyl (C=O) groups excluding carboxylic acids is 1. The van der Waals surface area contributed by atoms with E-state index in [1.54, 1.807) is 16.8 Å². The highest BCUT2D eigenvalue weighted by molar-refractivity contribution is 5.75. The summed E-state index contributed by atoms with van der Waals surface area (Å²) < 4.78 is 15.1. The molecule has 0 bridgehead atoms. The van der Waals surface area contributed by atoms with Crippen LogP contribution in [0.3, 0.4) is 0 Å². The molecular weight excluding hydrogens is 333 g/mol. The van der Waals surface area contributed by atoms with Gasteiger partial charge in [-0.3, -0.25) is 4.68 Å². The monoisotopic (exact) mass is 359 g/mol. The third-order valence-electron chi connectivity index (χ3n) is 5.33. The number of aromatic nitrogens is 2. The fourth-order valence-electron chi connectivity index (χ4n) is 3.63. The molecule has 5 N–H and O–H groups in total. The molecule has 1 aromatic heterocycles. The molecule has 6 nitrogen and oxygen atoms in total.